The van der Waals surface area contributed by atoms with Gasteiger partial charge in [0.2, 0.25) is 0 Å². The number of nitrogens with zero attached hydrogens (tertiary/aromatic N) is 1. The standard InChI is InChI=1S/C24H23N3O3.H2O4S/c1-16-5-6-18(24(29)26-19-9-10-19)14-22(16)27-23(28)17-7-11-21(12-8-17)30-15-20-4-2-3-13-25-20;1-5(2,3)4/h2-8,11-14,19H,9-10,15H2,1H3,(H,26,29)(H,27,28);(H2,1,2,3,4). The van der Waals surface area contributed by atoms with E-state index in [0.29, 0.717) is 29.2 Å². The third-order valence-corrected chi connectivity index (χ3v) is 4.89. The van der Waals surface area contributed by atoms with Gasteiger partial charge in [0.1, 0.15) is 12.4 Å². The molecule has 1 heterocycles. The fourth-order valence-corrected chi connectivity index (χ4v) is 2.93. The van der Waals surface area contributed by atoms with Crippen molar-refractivity contribution in [1.29, 1.82) is 0 Å². The molecule has 4 rings (SSSR count). The van der Waals surface area contributed by atoms with Crippen molar-refractivity contribution in [2.75, 3.05) is 5.32 Å². The predicted octanol–water partition coefficient (Wildman–Crippen LogP) is 3.46. The van der Waals surface area contributed by atoms with E-state index in [1.54, 1.807) is 42.6 Å². The summed E-state index contributed by atoms with van der Waals surface area (Å²) in [5.41, 5.74) is 3.40. The Balaban J connectivity index is 0.000000623. The predicted molar refractivity (Wildman–Crippen MR) is 129 cm³/mol. The van der Waals surface area contributed by atoms with Crippen LogP contribution in [0.4, 0.5) is 5.69 Å². The molecule has 3 aromatic rings. The second-order valence-electron chi connectivity index (χ2n) is 7.81. The number of pyridine rings is 1. The Labute approximate surface area is 202 Å². The first-order chi connectivity index (χ1) is 16.6. The van der Waals surface area contributed by atoms with Crippen molar-refractivity contribution in [2.45, 2.75) is 32.4 Å². The molecule has 1 saturated carbocycles. The molecule has 184 valence electrons. The minimum atomic E-state index is -4.67. The largest absolute Gasteiger partial charge is 0.487 e. The van der Waals surface area contributed by atoms with E-state index in [2.05, 4.69) is 15.6 Å². The molecule has 2 amide bonds. The van der Waals surface area contributed by atoms with Crippen LogP contribution < -0.4 is 15.4 Å². The smallest absolute Gasteiger partial charge is 0.394 e. The van der Waals surface area contributed by atoms with E-state index in [1.807, 2.05) is 31.2 Å². The summed E-state index contributed by atoms with van der Waals surface area (Å²) in [5.74, 6) is 0.309. The number of carbonyl (C=O) groups is 2. The van der Waals surface area contributed by atoms with Gasteiger partial charge in [-0.3, -0.25) is 23.7 Å². The number of aryl methyl sites for hydroxylation is 1. The monoisotopic (exact) mass is 499 g/mol. The number of amides is 2. The normalized spacial score (nSPS) is 12.7. The molecule has 0 aliphatic heterocycles. The molecular formula is C24H25N3O7S. The van der Waals surface area contributed by atoms with Crippen molar-refractivity contribution in [3.63, 3.8) is 0 Å². The van der Waals surface area contributed by atoms with Crippen LogP contribution in [0.3, 0.4) is 0 Å². The SMILES string of the molecule is Cc1ccc(C(=O)NC2CC2)cc1NC(=O)c1ccc(OCc2ccccn2)cc1.O=S(=O)(O)O. The van der Waals surface area contributed by atoms with Crippen molar-refractivity contribution in [3.8, 4) is 5.75 Å². The number of nitrogens with one attached hydrogen (secondary N) is 2. The van der Waals surface area contributed by atoms with Gasteiger partial charge in [-0.2, -0.15) is 8.42 Å². The Morgan fingerprint density at radius 3 is 2.26 bits per heavy atom. The molecule has 1 fully saturated rings. The summed E-state index contributed by atoms with van der Waals surface area (Å²) < 4.78 is 37.3. The number of ether oxygens (including phenoxy) is 1. The van der Waals surface area contributed by atoms with Crippen LogP contribution in [0.15, 0.2) is 66.9 Å². The first kappa shape index (κ1) is 25.8. The van der Waals surface area contributed by atoms with Gasteiger partial charge in [-0.05, 0) is 73.9 Å². The molecule has 1 aromatic heterocycles. The quantitative estimate of drug-likeness (QED) is 0.360. The third-order valence-electron chi connectivity index (χ3n) is 4.89. The summed E-state index contributed by atoms with van der Waals surface area (Å²) in [7, 11) is -4.67. The Hall–Kier alpha value is -3.80. The molecule has 0 radical (unpaired) electrons. The zero-order valence-corrected chi connectivity index (χ0v) is 19.7. The number of anilines is 1. The maximum atomic E-state index is 12.7. The molecule has 35 heavy (non-hydrogen) atoms. The number of hydrogen-bond acceptors (Lipinski definition) is 6. The zero-order chi connectivity index (χ0) is 25.4. The van der Waals surface area contributed by atoms with Crippen LogP contribution in [0.5, 0.6) is 5.75 Å². The van der Waals surface area contributed by atoms with E-state index >= 15 is 0 Å². The number of hydrogen-bond donors (Lipinski definition) is 4. The molecule has 0 bridgehead atoms. The maximum Gasteiger partial charge on any atom is 0.394 e. The van der Waals surface area contributed by atoms with Crippen molar-refractivity contribution in [1.82, 2.24) is 10.3 Å². The van der Waals surface area contributed by atoms with Gasteiger partial charge in [0.25, 0.3) is 11.8 Å². The average Bonchev–Trinajstić information content (AvgIpc) is 3.63. The van der Waals surface area contributed by atoms with Crippen LogP contribution in [0.1, 0.15) is 44.8 Å². The van der Waals surface area contributed by atoms with Crippen molar-refractivity contribution in [2.24, 2.45) is 0 Å². The van der Waals surface area contributed by atoms with Gasteiger partial charge >= 0.3 is 10.4 Å². The Morgan fingerprint density at radius 2 is 1.66 bits per heavy atom. The average molecular weight is 500 g/mol. The van der Waals surface area contributed by atoms with Crippen LogP contribution in [0.2, 0.25) is 0 Å². The molecule has 11 heteroatoms. The van der Waals surface area contributed by atoms with Crippen molar-refractivity contribution in [3.05, 3.63) is 89.2 Å². The lowest BCUT2D eigenvalue weighted by Crippen LogP contribution is -2.25. The van der Waals surface area contributed by atoms with Crippen molar-refractivity contribution >= 4 is 27.9 Å². The summed E-state index contributed by atoms with van der Waals surface area (Å²) >= 11 is 0. The minimum Gasteiger partial charge on any atom is -0.487 e. The number of carbonyl (C=O) groups excluding carboxylic acids is 2. The Kier molecular flexibility index (Phi) is 8.53. The van der Waals surface area contributed by atoms with E-state index in [1.165, 1.54) is 0 Å². The minimum absolute atomic E-state index is 0.109. The third kappa shape index (κ3) is 9.16. The molecule has 2 aromatic carbocycles. The molecule has 0 atom stereocenters. The first-order valence-electron chi connectivity index (χ1n) is 10.6. The van der Waals surface area contributed by atoms with Crippen molar-refractivity contribution < 1.29 is 31.8 Å². The lowest BCUT2D eigenvalue weighted by molar-refractivity contribution is 0.0949. The Bertz CT molecular complexity index is 1270. The second kappa shape index (κ2) is 11.6. The number of aromatic nitrogens is 1. The molecule has 1 aliphatic rings. The summed E-state index contributed by atoms with van der Waals surface area (Å²) in [6, 6.07) is 18.2. The van der Waals surface area contributed by atoms with Gasteiger partial charge in [0.15, 0.2) is 0 Å². The van der Waals surface area contributed by atoms with Gasteiger partial charge in [-0.15, -0.1) is 0 Å². The first-order valence-corrected chi connectivity index (χ1v) is 12.0. The highest BCUT2D eigenvalue weighted by molar-refractivity contribution is 7.79. The van der Waals surface area contributed by atoms with Gasteiger partial charge in [-0.25, -0.2) is 0 Å². The van der Waals surface area contributed by atoms with E-state index in [-0.39, 0.29) is 17.9 Å². The maximum absolute atomic E-state index is 12.7. The summed E-state index contributed by atoms with van der Waals surface area (Å²) in [6.07, 6.45) is 3.78. The highest BCUT2D eigenvalue weighted by Gasteiger charge is 2.24. The van der Waals surface area contributed by atoms with Gasteiger partial charge in [0.05, 0.1) is 5.69 Å². The van der Waals surface area contributed by atoms with E-state index in [9.17, 15) is 9.59 Å². The number of benzene rings is 2. The number of rotatable bonds is 7. The fraction of sp³-hybridized carbons (Fsp3) is 0.208. The highest BCUT2D eigenvalue weighted by Crippen LogP contribution is 2.22. The summed E-state index contributed by atoms with van der Waals surface area (Å²) in [4.78, 5) is 29.2. The van der Waals surface area contributed by atoms with Crippen LogP contribution in [0.25, 0.3) is 0 Å². The van der Waals surface area contributed by atoms with E-state index in [0.717, 1.165) is 24.1 Å². The van der Waals surface area contributed by atoms with Gasteiger partial charge in [0, 0.05) is 29.1 Å². The van der Waals surface area contributed by atoms with Gasteiger partial charge < -0.3 is 15.4 Å². The van der Waals surface area contributed by atoms with Gasteiger partial charge in [-0.1, -0.05) is 12.1 Å². The fourth-order valence-electron chi connectivity index (χ4n) is 2.93. The molecule has 10 nitrogen and oxygen atoms in total. The summed E-state index contributed by atoms with van der Waals surface area (Å²) in [5, 5.41) is 5.86. The van der Waals surface area contributed by atoms with Crippen LogP contribution in [-0.2, 0) is 17.0 Å². The van der Waals surface area contributed by atoms with Crippen LogP contribution in [-0.4, -0.2) is 40.4 Å². The van der Waals surface area contributed by atoms with E-state index in [4.69, 9.17) is 22.3 Å². The zero-order valence-electron chi connectivity index (χ0n) is 18.8. The molecule has 0 saturated heterocycles. The lowest BCUT2D eigenvalue weighted by atomic mass is 10.1. The van der Waals surface area contributed by atoms with Crippen LogP contribution >= 0.6 is 0 Å². The molecular weight excluding hydrogens is 474 g/mol. The summed E-state index contributed by atoms with van der Waals surface area (Å²) in [6.45, 7) is 2.26. The second-order valence-corrected chi connectivity index (χ2v) is 8.71. The lowest BCUT2D eigenvalue weighted by Gasteiger charge is -2.11. The molecule has 0 unspecified atom stereocenters. The van der Waals surface area contributed by atoms with E-state index < -0.39 is 10.4 Å². The topological polar surface area (TPSA) is 155 Å². The molecule has 0 spiro atoms. The Morgan fingerprint density at radius 1 is 1.00 bits per heavy atom. The molecule has 1 aliphatic carbocycles. The van der Waals surface area contributed by atoms with Crippen LogP contribution in [0, 0.1) is 6.92 Å². The molecule has 4 N–H and O–H groups in total. The highest BCUT2D eigenvalue weighted by atomic mass is 32.3.